The van der Waals surface area contributed by atoms with Gasteiger partial charge in [-0.25, -0.2) is 8.78 Å². The molecule has 0 amide bonds. The first kappa shape index (κ1) is 15.6. The van der Waals surface area contributed by atoms with Crippen molar-refractivity contribution in [3.63, 3.8) is 0 Å². The summed E-state index contributed by atoms with van der Waals surface area (Å²) in [5.74, 6) is -1.99. The molecule has 1 aromatic rings. The summed E-state index contributed by atoms with van der Waals surface area (Å²) < 4.78 is 32.4. The van der Waals surface area contributed by atoms with Crippen LogP contribution < -0.4 is 0 Å². The summed E-state index contributed by atoms with van der Waals surface area (Å²) >= 11 is 0. The lowest BCUT2D eigenvalue weighted by atomic mass is 9.83. The number of esters is 1. The van der Waals surface area contributed by atoms with Gasteiger partial charge >= 0.3 is 5.97 Å². The standard InChI is InChI=1S/C16H18F2O3/c1-9-6-5-7-10-11(9)8-16(12(10)19,13(17)18)14(20)21-15(2,3)4/h5-7,13H,8H2,1-4H3. The number of carbonyl (C=O) groups excluding carboxylic acids is 2. The molecule has 0 heterocycles. The molecule has 0 spiro atoms. The molecule has 1 aliphatic carbocycles. The van der Waals surface area contributed by atoms with Crippen LogP contribution >= 0.6 is 0 Å². The van der Waals surface area contributed by atoms with E-state index < -0.39 is 29.2 Å². The number of fused-ring (bicyclic) bond motifs is 1. The van der Waals surface area contributed by atoms with Crippen LogP contribution in [0.25, 0.3) is 0 Å². The third-order valence-electron chi connectivity index (χ3n) is 3.65. The van der Waals surface area contributed by atoms with Gasteiger partial charge in [0.05, 0.1) is 0 Å². The number of hydrogen-bond donors (Lipinski definition) is 0. The Kier molecular flexibility index (Phi) is 3.64. The first-order valence-electron chi connectivity index (χ1n) is 6.74. The van der Waals surface area contributed by atoms with Crippen LogP contribution in [-0.2, 0) is 16.0 Å². The van der Waals surface area contributed by atoms with E-state index in [9.17, 15) is 18.4 Å². The van der Waals surface area contributed by atoms with E-state index >= 15 is 0 Å². The third kappa shape index (κ3) is 2.45. The summed E-state index contributed by atoms with van der Waals surface area (Å²) in [5.41, 5.74) is -1.91. The van der Waals surface area contributed by atoms with Gasteiger partial charge < -0.3 is 4.74 Å². The van der Waals surface area contributed by atoms with Gasteiger partial charge in [-0.2, -0.15) is 0 Å². The van der Waals surface area contributed by atoms with Crippen LogP contribution in [0.2, 0.25) is 0 Å². The van der Waals surface area contributed by atoms with Gasteiger partial charge in [-0.1, -0.05) is 18.2 Å². The fraction of sp³-hybridized carbons (Fsp3) is 0.500. The van der Waals surface area contributed by atoms with Crippen LogP contribution in [0, 0.1) is 12.3 Å². The number of aryl methyl sites for hydroxylation is 1. The van der Waals surface area contributed by atoms with E-state index in [0.717, 1.165) is 5.56 Å². The SMILES string of the molecule is Cc1cccc2c1CC(C(=O)OC(C)(C)C)(C(F)F)C2=O. The van der Waals surface area contributed by atoms with Crippen LogP contribution in [0.4, 0.5) is 8.78 Å². The second kappa shape index (κ2) is 4.90. The number of ether oxygens (including phenoxy) is 1. The molecule has 0 fully saturated rings. The molecular weight excluding hydrogens is 278 g/mol. The minimum Gasteiger partial charge on any atom is -0.459 e. The molecule has 1 aliphatic rings. The Balaban J connectivity index is 2.50. The van der Waals surface area contributed by atoms with E-state index in [1.807, 2.05) is 0 Å². The van der Waals surface area contributed by atoms with Gasteiger partial charge in [-0.05, 0) is 38.8 Å². The Labute approximate surface area is 122 Å². The molecular formula is C16H18F2O3. The van der Waals surface area contributed by atoms with Crippen molar-refractivity contribution in [2.45, 2.75) is 46.1 Å². The summed E-state index contributed by atoms with van der Waals surface area (Å²) in [5, 5.41) is 0. The number of rotatable bonds is 2. The molecule has 21 heavy (non-hydrogen) atoms. The number of Topliss-reactive ketones (excluding diaryl/α,β-unsaturated/α-hetero) is 1. The first-order valence-corrected chi connectivity index (χ1v) is 6.74. The predicted octanol–water partition coefficient (Wildman–Crippen LogP) is 3.33. The lowest BCUT2D eigenvalue weighted by Gasteiger charge is -2.29. The molecule has 1 aromatic carbocycles. The van der Waals surface area contributed by atoms with Crippen molar-refractivity contribution in [2.75, 3.05) is 0 Å². The van der Waals surface area contributed by atoms with Crippen LogP contribution in [0.3, 0.4) is 0 Å². The summed E-state index contributed by atoms with van der Waals surface area (Å²) in [6.07, 6.45) is -3.41. The van der Waals surface area contributed by atoms with Gasteiger partial charge in [0, 0.05) is 12.0 Å². The number of alkyl halides is 2. The Hall–Kier alpha value is -1.78. The molecule has 2 rings (SSSR count). The Morgan fingerprint density at radius 3 is 2.43 bits per heavy atom. The molecule has 5 heteroatoms. The van der Waals surface area contributed by atoms with Crippen LogP contribution in [-0.4, -0.2) is 23.8 Å². The van der Waals surface area contributed by atoms with Gasteiger partial charge in [-0.3, -0.25) is 9.59 Å². The first-order chi connectivity index (χ1) is 9.59. The molecule has 0 saturated heterocycles. The van der Waals surface area contributed by atoms with Gasteiger partial charge in [0.15, 0.2) is 11.2 Å². The topological polar surface area (TPSA) is 43.4 Å². The van der Waals surface area contributed by atoms with Crippen molar-refractivity contribution >= 4 is 11.8 Å². The maximum atomic E-state index is 13.6. The molecule has 114 valence electrons. The van der Waals surface area contributed by atoms with Gasteiger partial charge in [0.2, 0.25) is 0 Å². The largest absolute Gasteiger partial charge is 0.459 e. The molecule has 1 unspecified atom stereocenters. The Morgan fingerprint density at radius 1 is 1.33 bits per heavy atom. The van der Waals surface area contributed by atoms with E-state index in [0.29, 0.717) is 5.56 Å². The summed E-state index contributed by atoms with van der Waals surface area (Å²) in [6, 6.07) is 4.85. The summed E-state index contributed by atoms with van der Waals surface area (Å²) in [6.45, 7) is 6.49. The molecule has 0 aromatic heterocycles. The van der Waals surface area contributed by atoms with Gasteiger partial charge in [0.25, 0.3) is 6.43 Å². The van der Waals surface area contributed by atoms with Crippen molar-refractivity contribution in [1.82, 2.24) is 0 Å². The second-order valence-electron chi connectivity index (χ2n) is 6.38. The number of ketones is 1. The Bertz CT molecular complexity index is 602. The van der Waals surface area contributed by atoms with Gasteiger partial charge in [0.1, 0.15) is 5.60 Å². The zero-order chi connectivity index (χ0) is 16.0. The summed E-state index contributed by atoms with van der Waals surface area (Å²) in [7, 11) is 0. The highest BCUT2D eigenvalue weighted by Crippen LogP contribution is 2.44. The highest BCUT2D eigenvalue weighted by molar-refractivity contribution is 6.16. The number of hydrogen-bond acceptors (Lipinski definition) is 3. The number of carbonyl (C=O) groups is 2. The monoisotopic (exact) mass is 296 g/mol. The fourth-order valence-corrected chi connectivity index (χ4v) is 2.55. The average Bonchev–Trinajstić information content (AvgIpc) is 2.64. The normalized spacial score (nSPS) is 21.6. The molecule has 0 saturated carbocycles. The third-order valence-corrected chi connectivity index (χ3v) is 3.65. The van der Waals surface area contributed by atoms with Crippen molar-refractivity contribution < 1.29 is 23.1 Å². The number of benzene rings is 1. The quantitative estimate of drug-likeness (QED) is 0.621. The van der Waals surface area contributed by atoms with Crippen LogP contribution in [0.5, 0.6) is 0 Å². The zero-order valence-electron chi connectivity index (χ0n) is 12.5. The highest BCUT2D eigenvalue weighted by atomic mass is 19.3. The molecule has 0 N–H and O–H groups in total. The lowest BCUT2D eigenvalue weighted by Crippen LogP contribution is -2.47. The zero-order valence-corrected chi connectivity index (χ0v) is 12.5. The average molecular weight is 296 g/mol. The van der Waals surface area contributed by atoms with Crippen molar-refractivity contribution in [1.29, 1.82) is 0 Å². The van der Waals surface area contributed by atoms with Crippen molar-refractivity contribution in [3.8, 4) is 0 Å². The minimum absolute atomic E-state index is 0.196. The predicted molar refractivity (Wildman–Crippen MR) is 73.5 cm³/mol. The minimum atomic E-state index is -3.10. The highest BCUT2D eigenvalue weighted by Gasteiger charge is 2.60. The Morgan fingerprint density at radius 2 is 1.95 bits per heavy atom. The van der Waals surface area contributed by atoms with E-state index in [1.54, 1.807) is 39.8 Å². The van der Waals surface area contributed by atoms with E-state index in [1.165, 1.54) is 6.07 Å². The molecule has 3 nitrogen and oxygen atoms in total. The second-order valence-corrected chi connectivity index (χ2v) is 6.38. The fourth-order valence-electron chi connectivity index (χ4n) is 2.55. The lowest BCUT2D eigenvalue weighted by molar-refractivity contribution is -0.171. The van der Waals surface area contributed by atoms with Crippen molar-refractivity contribution in [2.24, 2.45) is 5.41 Å². The maximum absolute atomic E-state index is 13.6. The molecule has 0 bridgehead atoms. The van der Waals surface area contributed by atoms with Crippen LogP contribution in [0.15, 0.2) is 18.2 Å². The molecule has 1 atom stereocenters. The van der Waals surface area contributed by atoms with Crippen molar-refractivity contribution in [3.05, 3.63) is 34.9 Å². The van der Waals surface area contributed by atoms with Crippen LogP contribution in [0.1, 0.15) is 42.3 Å². The van der Waals surface area contributed by atoms with E-state index in [4.69, 9.17) is 4.74 Å². The molecule has 0 radical (unpaired) electrons. The maximum Gasteiger partial charge on any atom is 0.326 e. The van der Waals surface area contributed by atoms with E-state index in [2.05, 4.69) is 0 Å². The van der Waals surface area contributed by atoms with E-state index in [-0.39, 0.29) is 12.0 Å². The molecule has 0 aliphatic heterocycles. The summed E-state index contributed by atoms with van der Waals surface area (Å²) in [4.78, 5) is 24.8. The smallest absolute Gasteiger partial charge is 0.326 e. The van der Waals surface area contributed by atoms with Gasteiger partial charge in [-0.15, -0.1) is 0 Å². The number of halogens is 2.